The average Bonchev–Trinajstić information content (AvgIpc) is 2.57. The van der Waals surface area contributed by atoms with Gasteiger partial charge in [0.05, 0.1) is 6.17 Å². The van der Waals surface area contributed by atoms with Crippen LogP contribution in [-0.2, 0) is 0 Å². The van der Waals surface area contributed by atoms with E-state index in [2.05, 4.69) is 29.7 Å². The lowest BCUT2D eigenvalue weighted by Crippen LogP contribution is -2.30. The zero-order valence-corrected chi connectivity index (χ0v) is 7.72. The number of allylic oxidation sites excluding steroid dienone is 2. The van der Waals surface area contributed by atoms with Crippen molar-refractivity contribution in [3.05, 3.63) is 24.6 Å². The summed E-state index contributed by atoms with van der Waals surface area (Å²) in [6.07, 6.45) is 13.7. The monoisotopic (exact) mass is 166 g/mol. The van der Waals surface area contributed by atoms with E-state index < -0.39 is 0 Å². The third kappa shape index (κ3) is 3.46. The first-order chi connectivity index (χ1) is 5.93. The van der Waals surface area contributed by atoms with Crippen molar-refractivity contribution in [3.63, 3.8) is 0 Å². The van der Waals surface area contributed by atoms with Gasteiger partial charge in [0.15, 0.2) is 0 Å². The zero-order chi connectivity index (χ0) is 8.65. The fourth-order valence-corrected chi connectivity index (χ4v) is 1.27. The quantitative estimate of drug-likeness (QED) is 0.483. The fourth-order valence-electron chi connectivity index (χ4n) is 1.27. The van der Waals surface area contributed by atoms with Gasteiger partial charge >= 0.3 is 0 Å². The molecular formula is C10H18N2. The van der Waals surface area contributed by atoms with Gasteiger partial charge in [0.25, 0.3) is 0 Å². The first-order valence-corrected chi connectivity index (χ1v) is 4.75. The van der Waals surface area contributed by atoms with Crippen molar-refractivity contribution >= 4 is 0 Å². The Bertz CT molecular complexity index is 153. The first kappa shape index (κ1) is 9.17. The lowest BCUT2D eigenvalue weighted by Gasteiger charge is -2.10. The molecule has 1 aliphatic rings. The Hall–Kier alpha value is -0.920. The second-order valence-corrected chi connectivity index (χ2v) is 3.03. The van der Waals surface area contributed by atoms with Gasteiger partial charge in [-0.3, -0.25) is 0 Å². The molecule has 0 radical (unpaired) electrons. The van der Waals surface area contributed by atoms with Gasteiger partial charge in [-0.1, -0.05) is 19.1 Å². The van der Waals surface area contributed by atoms with Gasteiger partial charge < -0.3 is 10.6 Å². The summed E-state index contributed by atoms with van der Waals surface area (Å²) in [5.74, 6) is 0. The van der Waals surface area contributed by atoms with Gasteiger partial charge in [-0.05, 0) is 25.7 Å². The minimum Gasteiger partial charge on any atom is -0.370 e. The number of nitrogens with one attached hydrogen (secondary N) is 2. The summed E-state index contributed by atoms with van der Waals surface area (Å²) in [4.78, 5) is 0. The molecular weight excluding hydrogens is 148 g/mol. The fraction of sp³-hybridized carbons (Fsp3) is 0.600. The maximum absolute atomic E-state index is 3.23. The molecule has 0 fully saturated rings. The average molecular weight is 166 g/mol. The summed E-state index contributed by atoms with van der Waals surface area (Å²) in [6, 6.07) is 0. The van der Waals surface area contributed by atoms with E-state index in [-0.39, 0.29) is 0 Å². The summed E-state index contributed by atoms with van der Waals surface area (Å²) >= 11 is 0. The second kappa shape index (κ2) is 5.70. The molecule has 0 aromatic heterocycles. The summed E-state index contributed by atoms with van der Waals surface area (Å²) in [5, 5.41) is 6.46. The molecule has 0 amide bonds. The van der Waals surface area contributed by atoms with Crippen LogP contribution in [0.4, 0.5) is 0 Å². The summed E-state index contributed by atoms with van der Waals surface area (Å²) in [5.41, 5.74) is 0. The molecule has 1 rings (SSSR count). The molecule has 0 spiro atoms. The first-order valence-electron chi connectivity index (χ1n) is 4.75. The maximum Gasteiger partial charge on any atom is 0.0955 e. The molecule has 68 valence electrons. The molecule has 2 heteroatoms. The number of unbranched alkanes of at least 4 members (excludes halogenated alkanes) is 1. The molecule has 1 aliphatic heterocycles. The molecule has 0 unspecified atom stereocenters. The largest absolute Gasteiger partial charge is 0.370 e. The number of hydrogen-bond acceptors (Lipinski definition) is 2. The molecule has 0 saturated heterocycles. The third-order valence-corrected chi connectivity index (χ3v) is 1.94. The van der Waals surface area contributed by atoms with Gasteiger partial charge in [0.2, 0.25) is 0 Å². The predicted molar refractivity (Wildman–Crippen MR) is 52.5 cm³/mol. The van der Waals surface area contributed by atoms with Crippen LogP contribution in [0.25, 0.3) is 0 Å². The van der Waals surface area contributed by atoms with E-state index >= 15 is 0 Å². The highest BCUT2D eigenvalue weighted by Crippen LogP contribution is 2.02. The topological polar surface area (TPSA) is 24.1 Å². The highest BCUT2D eigenvalue weighted by molar-refractivity contribution is 4.90. The summed E-state index contributed by atoms with van der Waals surface area (Å²) in [6.45, 7) is 2.17. The van der Waals surface area contributed by atoms with E-state index in [1.165, 1.54) is 19.3 Å². The SMILES string of the molecule is CC/C=C/CCCC1NC=CN1. The molecule has 12 heavy (non-hydrogen) atoms. The molecule has 0 aliphatic carbocycles. The van der Waals surface area contributed by atoms with Crippen LogP contribution in [0.1, 0.15) is 32.6 Å². The Morgan fingerprint density at radius 1 is 1.25 bits per heavy atom. The van der Waals surface area contributed by atoms with Crippen LogP contribution in [0.5, 0.6) is 0 Å². The zero-order valence-electron chi connectivity index (χ0n) is 7.72. The van der Waals surface area contributed by atoms with E-state index in [0.29, 0.717) is 6.17 Å². The predicted octanol–water partition coefficient (Wildman–Crippen LogP) is 2.11. The number of hydrogen-bond donors (Lipinski definition) is 2. The highest BCUT2D eigenvalue weighted by Gasteiger charge is 2.05. The molecule has 0 saturated carbocycles. The van der Waals surface area contributed by atoms with Gasteiger partial charge in [0.1, 0.15) is 0 Å². The third-order valence-electron chi connectivity index (χ3n) is 1.94. The van der Waals surface area contributed by atoms with E-state index in [1.54, 1.807) is 0 Å². The van der Waals surface area contributed by atoms with Gasteiger partial charge in [0, 0.05) is 12.4 Å². The minimum absolute atomic E-state index is 0.472. The van der Waals surface area contributed by atoms with Crippen LogP contribution < -0.4 is 10.6 Å². The van der Waals surface area contributed by atoms with E-state index in [1.807, 2.05) is 12.4 Å². The number of rotatable bonds is 5. The summed E-state index contributed by atoms with van der Waals surface area (Å²) < 4.78 is 0. The van der Waals surface area contributed by atoms with Crippen molar-refractivity contribution in [1.82, 2.24) is 10.6 Å². The second-order valence-electron chi connectivity index (χ2n) is 3.03. The Morgan fingerprint density at radius 2 is 2.00 bits per heavy atom. The van der Waals surface area contributed by atoms with Crippen molar-refractivity contribution in [2.45, 2.75) is 38.8 Å². The van der Waals surface area contributed by atoms with Gasteiger partial charge in [-0.2, -0.15) is 0 Å². The lowest BCUT2D eigenvalue weighted by molar-refractivity contribution is 0.510. The molecule has 0 aromatic rings. The van der Waals surface area contributed by atoms with Crippen LogP contribution in [-0.4, -0.2) is 6.17 Å². The van der Waals surface area contributed by atoms with Gasteiger partial charge in [-0.25, -0.2) is 0 Å². The van der Waals surface area contributed by atoms with Crippen molar-refractivity contribution in [2.75, 3.05) is 0 Å². The van der Waals surface area contributed by atoms with Crippen molar-refractivity contribution in [2.24, 2.45) is 0 Å². The standard InChI is InChI=1S/C10H18N2/c1-2-3-4-5-6-7-10-11-8-9-12-10/h3-4,8-12H,2,5-7H2,1H3/b4-3+. The van der Waals surface area contributed by atoms with Crippen LogP contribution in [0, 0.1) is 0 Å². The Morgan fingerprint density at radius 3 is 2.67 bits per heavy atom. The summed E-state index contributed by atoms with van der Waals surface area (Å²) in [7, 11) is 0. The van der Waals surface area contributed by atoms with Gasteiger partial charge in [-0.15, -0.1) is 0 Å². The Balaban J connectivity index is 1.92. The molecule has 1 heterocycles. The minimum atomic E-state index is 0.472. The maximum atomic E-state index is 3.23. The van der Waals surface area contributed by atoms with Crippen LogP contribution in [0.15, 0.2) is 24.6 Å². The van der Waals surface area contributed by atoms with Crippen molar-refractivity contribution in [3.8, 4) is 0 Å². The smallest absolute Gasteiger partial charge is 0.0955 e. The van der Waals surface area contributed by atoms with Crippen LogP contribution >= 0.6 is 0 Å². The van der Waals surface area contributed by atoms with Crippen molar-refractivity contribution in [1.29, 1.82) is 0 Å². The Labute approximate surface area is 74.7 Å². The molecule has 0 aromatic carbocycles. The Kier molecular flexibility index (Phi) is 4.35. The normalized spacial score (nSPS) is 16.8. The van der Waals surface area contributed by atoms with E-state index in [0.717, 1.165) is 6.42 Å². The van der Waals surface area contributed by atoms with Crippen molar-refractivity contribution < 1.29 is 0 Å². The van der Waals surface area contributed by atoms with E-state index in [4.69, 9.17) is 0 Å². The molecule has 0 atom stereocenters. The van der Waals surface area contributed by atoms with Crippen LogP contribution in [0.3, 0.4) is 0 Å². The van der Waals surface area contributed by atoms with Crippen LogP contribution in [0.2, 0.25) is 0 Å². The molecule has 2 N–H and O–H groups in total. The highest BCUT2D eigenvalue weighted by atomic mass is 15.1. The van der Waals surface area contributed by atoms with E-state index in [9.17, 15) is 0 Å². The molecule has 0 bridgehead atoms. The lowest BCUT2D eigenvalue weighted by atomic mass is 10.2. The molecule has 2 nitrogen and oxygen atoms in total.